The minimum Gasteiger partial charge on any atom is -0.396 e. The average molecular weight is 242 g/mol. The molecule has 16 heavy (non-hydrogen) atoms. The van der Waals surface area contributed by atoms with Gasteiger partial charge in [-0.1, -0.05) is 6.92 Å². The summed E-state index contributed by atoms with van der Waals surface area (Å²) in [5, 5.41) is 9.70. The molecule has 6 heteroatoms. The molecule has 0 unspecified atom stereocenters. The van der Waals surface area contributed by atoms with Crippen LogP contribution in [0.4, 0.5) is 5.82 Å². The molecule has 0 aromatic carbocycles. The largest absolute Gasteiger partial charge is 0.396 e. The van der Waals surface area contributed by atoms with Gasteiger partial charge in [-0.25, -0.2) is 15.8 Å². The second-order valence-electron chi connectivity index (χ2n) is 3.39. The highest BCUT2D eigenvalue weighted by atomic mass is 32.2. The predicted octanol–water partition coefficient (Wildman–Crippen LogP) is 1.11. The minimum absolute atomic E-state index is 0.141. The first-order chi connectivity index (χ1) is 7.72. The van der Waals surface area contributed by atoms with Crippen LogP contribution in [-0.4, -0.2) is 27.4 Å². The van der Waals surface area contributed by atoms with E-state index < -0.39 is 0 Å². The molecular formula is C10H18N4OS. The Kier molecular flexibility index (Phi) is 5.51. The zero-order valence-electron chi connectivity index (χ0n) is 9.66. The van der Waals surface area contributed by atoms with Crippen LogP contribution < -0.4 is 11.3 Å². The van der Waals surface area contributed by atoms with Gasteiger partial charge >= 0.3 is 0 Å². The van der Waals surface area contributed by atoms with E-state index >= 15 is 0 Å². The Labute approximate surface area is 99.8 Å². The number of nitrogens with one attached hydrogen (secondary N) is 1. The number of thioether (sulfide) groups is 1. The molecule has 4 N–H and O–H groups in total. The summed E-state index contributed by atoms with van der Waals surface area (Å²) >= 11 is 1.52. The van der Waals surface area contributed by atoms with Crippen molar-refractivity contribution in [2.75, 3.05) is 17.8 Å². The van der Waals surface area contributed by atoms with Crippen molar-refractivity contribution in [3.63, 3.8) is 0 Å². The van der Waals surface area contributed by atoms with Gasteiger partial charge in [-0.2, -0.15) is 0 Å². The quantitative estimate of drug-likeness (QED) is 0.300. The van der Waals surface area contributed by atoms with Gasteiger partial charge in [0.15, 0.2) is 0 Å². The van der Waals surface area contributed by atoms with Gasteiger partial charge in [0, 0.05) is 17.7 Å². The number of nitrogens with two attached hydrogens (primary N) is 1. The van der Waals surface area contributed by atoms with Crippen LogP contribution in [0.15, 0.2) is 5.03 Å². The Hall–Kier alpha value is -0.850. The maximum Gasteiger partial charge on any atom is 0.147 e. The normalized spacial score (nSPS) is 10.5. The molecule has 0 saturated heterocycles. The summed E-state index contributed by atoms with van der Waals surface area (Å²) in [6, 6.07) is 0. The van der Waals surface area contributed by atoms with Gasteiger partial charge < -0.3 is 10.5 Å². The van der Waals surface area contributed by atoms with Gasteiger partial charge in [-0.05, 0) is 13.3 Å². The Balaban J connectivity index is 2.98. The van der Waals surface area contributed by atoms with E-state index in [2.05, 4.69) is 22.3 Å². The van der Waals surface area contributed by atoms with Crippen LogP contribution >= 0.6 is 11.8 Å². The number of rotatable bonds is 6. The van der Waals surface area contributed by atoms with Crippen molar-refractivity contribution < 1.29 is 5.11 Å². The molecule has 0 saturated carbocycles. The lowest BCUT2D eigenvalue weighted by Crippen LogP contribution is -2.13. The monoisotopic (exact) mass is 242 g/mol. The Morgan fingerprint density at radius 1 is 1.44 bits per heavy atom. The van der Waals surface area contributed by atoms with E-state index in [0.29, 0.717) is 11.6 Å². The lowest BCUT2D eigenvalue weighted by atomic mass is 10.3. The van der Waals surface area contributed by atoms with Gasteiger partial charge in [0.1, 0.15) is 16.7 Å². The molecule has 0 aliphatic heterocycles. The van der Waals surface area contributed by atoms with Gasteiger partial charge in [0.2, 0.25) is 0 Å². The fraction of sp³-hybridized carbons (Fsp3) is 0.600. The number of aromatic nitrogens is 2. The average Bonchev–Trinajstić information content (AvgIpc) is 2.29. The minimum atomic E-state index is 0.141. The summed E-state index contributed by atoms with van der Waals surface area (Å²) in [5.41, 5.74) is 3.52. The SMILES string of the molecule is CCCc1nc(NN)c(C)c(SCCO)n1. The molecule has 1 aromatic rings. The molecule has 1 heterocycles. The Morgan fingerprint density at radius 3 is 2.75 bits per heavy atom. The molecule has 0 aliphatic carbocycles. The highest BCUT2D eigenvalue weighted by Crippen LogP contribution is 2.24. The molecular weight excluding hydrogens is 224 g/mol. The zero-order valence-corrected chi connectivity index (χ0v) is 10.5. The van der Waals surface area contributed by atoms with Gasteiger partial charge in [-0.15, -0.1) is 11.8 Å². The third-order valence-electron chi connectivity index (χ3n) is 2.09. The van der Waals surface area contributed by atoms with Crippen molar-refractivity contribution >= 4 is 17.6 Å². The highest BCUT2D eigenvalue weighted by molar-refractivity contribution is 7.99. The molecule has 0 bridgehead atoms. The van der Waals surface area contributed by atoms with Crippen molar-refractivity contribution in [2.45, 2.75) is 31.7 Å². The van der Waals surface area contributed by atoms with E-state index in [-0.39, 0.29) is 6.61 Å². The summed E-state index contributed by atoms with van der Waals surface area (Å²) in [7, 11) is 0. The predicted molar refractivity (Wildman–Crippen MR) is 66.4 cm³/mol. The number of hydrogen-bond acceptors (Lipinski definition) is 6. The molecule has 1 aromatic heterocycles. The first kappa shape index (κ1) is 13.2. The summed E-state index contributed by atoms with van der Waals surface area (Å²) in [5.74, 6) is 7.51. The fourth-order valence-corrected chi connectivity index (χ4v) is 2.07. The molecule has 0 radical (unpaired) electrons. The molecule has 0 spiro atoms. The topological polar surface area (TPSA) is 84.1 Å². The smallest absolute Gasteiger partial charge is 0.147 e. The third-order valence-corrected chi connectivity index (χ3v) is 3.15. The van der Waals surface area contributed by atoms with Crippen molar-refractivity contribution in [3.8, 4) is 0 Å². The van der Waals surface area contributed by atoms with E-state index in [0.717, 1.165) is 29.3 Å². The second kappa shape index (κ2) is 6.67. The molecule has 0 fully saturated rings. The summed E-state index contributed by atoms with van der Waals surface area (Å²) in [6.45, 7) is 4.15. The van der Waals surface area contributed by atoms with E-state index in [1.165, 1.54) is 11.8 Å². The maximum absolute atomic E-state index is 8.81. The number of hydrogen-bond donors (Lipinski definition) is 3. The van der Waals surface area contributed by atoms with Crippen LogP contribution in [0.25, 0.3) is 0 Å². The standard InChI is InChI=1S/C10H18N4OS/c1-3-4-8-12-9(14-11)7(2)10(13-8)16-6-5-15/h15H,3-6,11H2,1-2H3,(H,12,13,14). The van der Waals surface area contributed by atoms with Crippen LogP contribution in [0.5, 0.6) is 0 Å². The first-order valence-electron chi connectivity index (χ1n) is 5.30. The Bertz CT molecular complexity index is 346. The summed E-state index contributed by atoms with van der Waals surface area (Å²) in [6.07, 6.45) is 1.83. The van der Waals surface area contributed by atoms with Crippen molar-refractivity contribution in [3.05, 3.63) is 11.4 Å². The van der Waals surface area contributed by atoms with Crippen molar-refractivity contribution in [2.24, 2.45) is 5.84 Å². The van der Waals surface area contributed by atoms with Crippen LogP contribution in [0, 0.1) is 6.92 Å². The van der Waals surface area contributed by atoms with Crippen LogP contribution in [-0.2, 0) is 6.42 Å². The number of nitrogen functional groups attached to an aromatic ring is 1. The lowest BCUT2D eigenvalue weighted by molar-refractivity contribution is 0.322. The molecule has 0 atom stereocenters. The number of hydrazine groups is 1. The fourth-order valence-electron chi connectivity index (χ4n) is 1.30. The van der Waals surface area contributed by atoms with Crippen LogP contribution in [0.2, 0.25) is 0 Å². The van der Waals surface area contributed by atoms with Crippen LogP contribution in [0.3, 0.4) is 0 Å². The number of aryl methyl sites for hydroxylation is 1. The van der Waals surface area contributed by atoms with E-state index in [9.17, 15) is 0 Å². The van der Waals surface area contributed by atoms with E-state index in [1.807, 2.05) is 6.92 Å². The second-order valence-corrected chi connectivity index (χ2v) is 4.47. The number of aliphatic hydroxyl groups is 1. The van der Waals surface area contributed by atoms with Gasteiger partial charge in [-0.3, -0.25) is 0 Å². The molecule has 90 valence electrons. The summed E-state index contributed by atoms with van der Waals surface area (Å²) < 4.78 is 0. The molecule has 0 aliphatic rings. The van der Waals surface area contributed by atoms with Gasteiger partial charge in [0.05, 0.1) is 6.61 Å². The zero-order chi connectivity index (χ0) is 12.0. The number of aliphatic hydroxyl groups excluding tert-OH is 1. The molecule has 5 nitrogen and oxygen atoms in total. The molecule has 1 rings (SSSR count). The lowest BCUT2D eigenvalue weighted by Gasteiger charge is -2.10. The number of anilines is 1. The Morgan fingerprint density at radius 2 is 2.19 bits per heavy atom. The third kappa shape index (κ3) is 3.33. The highest BCUT2D eigenvalue weighted by Gasteiger charge is 2.09. The van der Waals surface area contributed by atoms with Crippen LogP contribution in [0.1, 0.15) is 24.7 Å². The maximum atomic E-state index is 8.81. The number of nitrogens with zero attached hydrogens (tertiary/aromatic N) is 2. The van der Waals surface area contributed by atoms with Crippen molar-refractivity contribution in [1.82, 2.24) is 9.97 Å². The van der Waals surface area contributed by atoms with E-state index in [4.69, 9.17) is 10.9 Å². The molecule has 0 amide bonds. The van der Waals surface area contributed by atoms with Crippen molar-refractivity contribution in [1.29, 1.82) is 0 Å². The summed E-state index contributed by atoms with van der Waals surface area (Å²) in [4.78, 5) is 8.78. The van der Waals surface area contributed by atoms with E-state index in [1.54, 1.807) is 0 Å². The van der Waals surface area contributed by atoms with Gasteiger partial charge in [0.25, 0.3) is 0 Å². The first-order valence-corrected chi connectivity index (χ1v) is 6.29.